The van der Waals surface area contributed by atoms with Crippen molar-refractivity contribution in [1.29, 1.82) is 0 Å². The number of carbonyl (C=O) groups is 1. The van der Waals surface area contributed by atoms with E-state index in [9.17, 15) is 4.79 Å². The molecule has 0 spiro atoms. The van der Waals surface area contributed by atoms with Gasteiger partial charge in [0.15, 0.2) is 0 Å². The Bertz CT molecular complexity index is 537. The maximum Gasteiger partial charge on any atom is 0.307 e. The SMILES string of the molecule is O=C(O)Cc1ccc(SCCOc2ccccc2)cc1. The van der Waals surface area contributed by atoms with E-state index in [0.29, 0.717) is 6.61 Å². The molecule has 2 rings (SSSR count). The molecule has 0 saturated carbocycles. The maximum absolute atomic E-state index is 10.6. The van der Waals surface area contributed by atoms with E-state index >= 15 is 0 Å². The van der Waals surface area contributed by atoms with Gasteiger partial charge in [0.25, 0.3) is 0 Å². The zero-order valence-electron chi connectivity index (χ0n) is 11.0. The monoisotopic (exact) mass is 288 g/mol. The lowest BCUT2D eigenvalue weighted by molar-refractivity contribution is -0.136. The molecule has 2 aromatic carbocycles. The van der Waals surface area contributed by atoms with Gasteiger partial charge in [-0.1, -0.05) is 30.3 Å². The Kier molecular flexibility index (Phi) is 5.50. The molecule has 0 unspecified atom stereocenters. The van der Waals surface area contributed by atoms with Crippen molar-refractivity contribution in [3.63, 3.8) is 0 Å². The fourth-order valence-corrected chi connectivity index (χ4v) is 2.44. The Hall–Kier alpha value is -1.94. The van der Waals surface area contributed by atoms with Crippen molar-refractivity contribution in [2.75, 3.05) is 12.4 Å². The molecule has 0 saturated heterocycles. The second-order valence-corrected chi connectivity index (χ2v) is 5.39. The first kappa shape index (κ1) is 14.5. The summed E-state index contributed by atoms with van der Waals surface area (Å²) in [4.78, 5) is 11.7. The zero-order valence-corrected chi connectivity index (χ0v) is 11.8. The van der Waals surface area contributed by atoms with Gasteiger partial charge in [0.1, 0.15) is 5.75 Å². The largest absolute Gasteiger partial charge is 0.493 e. The second kappa shape index (κ2) is 7.60. The topological polar surface area (TPSA) is 46.5 Å². The molecule has 20 heavy (non-hydrogen) atoms. The van der Waals surface area contributed by atoms with Crippen molar-refractivity contribution in [3.8, 4) is 5.75 Å². The van der Waals surface area contributed by atoms with Gasteiger partial charge in [-0.2, -0.15) is 0 Å². The highest BCUT2D eigenvalue weighted by Crippen LogP contribution is 2.19. The summed E-state index contributed by atoms with van der Waals surface area (Å²) in [5.41, 5.74) is 0.822. The summed E-state index contributed by atoms with van der Waals surface area (Å²) in [6.45, 7) is 0.644. The lowest BCUT2D eigenvalue weighted by Crippen LogP contribution is -2.00. The number of benzene rings is 2. The molecule has 0 aliphatic heterocycles. The van der Waals surface area contributed by atoms with E-state index in [2.05, 4.69) is 0 Å². The molecule has 0 amide bonds. The Morgan fingerprint density at radius 3 is 2.40 bits per heavy atom. The smallest absolute Gasteiger partial charge is 0.307 e. The normalized spacial score (nSPS) is 10.2. The van der Waals surface area contributed by atoms with E-state index < -0.39 is 5.97 Å². The van der Waals surface area contributed by atoms with Crippen molar-refractivity contribution in [3.05, 3.63) is 60.2 Å². The number of hydrogen-bond donors (Lipinski definition) is 1. The zero-order chi connectivity index (χ0) is 14.2. The summed E-state index contributed by atoms with van der Waals surface area (Å²) in [5.74, 6) is 0.930. The van der Waals surface area contributed by atoms with E-state index in [1.165, 1.54) is 0 Å². The van der Waals surface area contributed by atoms with Crippen molar-refractivity contribution < 1.29 is 14.6 Å². The lowest BCUT2D eigenvalue weighted by atomic mass is 10.2. The van der Waals surface area contributed by atoms with E-state index in [1.54, 1.807) is 11.8 Å². The van der Waals surface area contributed by atoms with Gasteiger partial charge in [-0.05, 0) is 29.8 Å². The first-order valence-corrected chi connectivity index (χ1v) is 7.34. The summed E-state index contributed by atoms with van der Waals surface area (Å²) >= 11 is 1.69. The van der Waals surface area contributed by atoms with Crippen molar-refractivity contribution in [2.45, 2.75) is 11.3 Å². The van der Waals surface area contributed by atoms with E-state index in [0.717, 1.165) is 22.0 Å². The average molecular weight is 288 g/mol. The molecule has 0 heterocycles. The lowest BCUT2D eigenvalue weighted by Gasteiger charge is -2.06. The van der Waals surface area contributed by atoms with E-state index in [4.69, 9.17) is 9.84 Å². The fraction of sp³-hybridized carbons (Fsp3) is 0.188. The molecule has 0 aliphatic carbocycles. The van der Waals surface area contributed by atoms with Gasteiger partial charge in [0, 0.05) is 10.6 Å². The number of carboxylic acids is 1. The van der Waals surface area contributed by atoms with Crippen LogP contribution in [0.25, 0.3) is 0 Å². The maximum atomic E-state index is 10.6. The predicted molar refractivity (Wildman–Crippen MR) is 80.4 cm³/mol. The molecule has 1 N–H and O–H groups in total. The second-order valence-electron chi connectivity index (χ2n) is 4.22. The average Bonchev–Trinajstić information content (AvgIpc) is 2.46. The van der Waals surface area contributed by atoms with Crippen LogP contribution < -0.4 is 4.74 Å². The number of para-hydroxylation sites is 1. The minimum Gasteiger partial charge on any atom is -0.493 e. The minimum absolute atomic E-state index is 0.0715. The molecular weight excluding hydrogens is 272 g/mol. The summed E-state index contributed by atoms with van der Waals surface area (Å²) in [5, 5.41) is 8.70. The Labute approximate surface area is 122 Å². The molecular formula is C16H16O3S. The van der Waals surface area contributed by atoms with Gasteiger partial charge in [-0.15, -0.1) is 11.8 Å². The summed E-state index contributed by atoms with van der Waals surface area (Å²) in [7, 11) is 0. The first-order valence-electron chi connectivity index (χ1n) is 6.35. The number of aliphatic carboxylic acids is 1. The van der Waals surface area contributed by atoms with Crippen LogP contribution in [0.2, 0.25) is 0 Å². The number of ether oxygens (including phenoxy) is 1. The van der Waals surface area contributed by atoms with Crippen LogP contribution >= 0.6 is 11.8 Å². The van der Waals surface area contributed by atoms with Crippen molar-refractivity contribution in [1.82, 2.24) is 0 Å². The van der Waals surface area contributed by atoms with Crippen LogP contribution in [0.5, 0.6) is 5.75 Å². The number of carboxylic acid groups (broad SMARTS) is 1. The number of rotatable bonds is 7. The molecule has 2 aromatic rings. The van der Waals surface area contributed by atoms with Crippen LogP contribution in [-0.4, -0.2) is 23.4 Å². The summed E-state index contributed by atoms with van der Waals surface area (Å²) < 4.78 is 5.61. The van der Waals surface area contributed by atoms with Crippen molar-refractivity contribution in [2.24, 2.45) is 0 Å². The molecule has 4 heteroatoms. The van der Waals surface area contributed by atoms with Gasteiger partial charge in [0.05, 0.1) is 13.0 Å². The van der Waals surface area contributed by atoms with Crippen LogP contribution in [0.15, 0.2) is 59.5 Å². The first-order chi connectivity index (χ1) is 9.74. The molecule has 0 bridgehead atoms. The Morgan fingerprint density at radius 1 is 1.05 bits per heavy atom. The molecule has 3 nitrogen and oxygen atoms in total. The van der Waals surface area contributed by atoms with Gasteiger partial charge in [-0.3, -0.25) is 4.79 Å². The van der Waals surface area contributed by atoms with Gasteiger partial charge < -0.3 is 9.84 Å². The van der Waals surface area contributed by atoms with Gasteiger partial charge in [0.2, 0.25) is 0 Å². The highest BCUT2D eigenvalue weighted by atomic mass is 32.2. The molecule has 0 fully saturated rings. The number of hydrogen-bond acceptors (Lipinski definition) is 3. The Morgan fingerprint density at radius 2 is 1.75 bits per heavy atom. The molecule has 0 aromatic heterocycles. The van der Waals surface area contributed by atoms with Gasteiger partial charge >= 0.3 is 5.97 Å². The Balaban J connectivity index is 1.73. The van der Waals surface area contributed by atoms with Crippen LogP contribution in [0.4, 0.5) is 0 Å². The molecule has 0 aliphatic rings. The third-order valence-corrected chi connectivity index (χ3v) is 3.62. The quantitative estimate of drug-likeness (QED) is 0.626. The molecule has 0 atom stereocenters. The number of thioether (sulfide) groups is 1. The molecule has 0 radical (unpaired) electrons. The van der Waals surface area contributed by atoms with Crippen LogP contribution in [0.1, 0.15) is 5.56 Å². The van der Waals surface area contributed by atoms with Crippen LogP contribution in [-0.2, 0) is 11.2 Å². The standard InChI is InChI=1S/C16H16O3S/c17-16(18)12-13-6-8-15(9-7-13)20-11-10-19-14-4-2-1-3-5-14/h1-9H,10-12H2,(H,17,18). The predicted octanol–water partition coefficient (Wildman–Crippen LogP) is 3.48. The minimum atomic E-state index is -0.804. The van der Waals surface area contributed by atoms with Gasteiger partial charge in [-0.25, -0.2) is 0 Å². The summed E-state index contributed by atoms with van der Waals surface area (Å²) in [6, 6.07) is 17.3. The van der Waals surface area contributed by atoms with Crippen LogP contribution in [0, 0.1) is 0 Å². The molecule has 104 valence electrons. The third-order valence-electron chi connectivity index (χ3n) is 2.64. The van der Waals surface area contributed by atoms with Crippen molar-refractivity contribution >= 4 is 17.7 Å². The summed E-state index contributed by atoms with van der Waals surface area (Å²) in [6.07, 6.45) is 0.0715. The fourth-order valence-electron chi connectivity index (χ4n) is 1.71. The van der Waals surface area contributed by atoms with Crippen LogP contribution in [0.3, 0.4) is 0 Å². The van der Waals surface area contributed by atoms with E-state index in [1.807, 2.05) is 54.6 Å². The third kappa shape index (κ3) is 4.97. The highest BCUT2D eigenvalue weighted by Gasteiger charge is 2.01. The van der Waals surface area contributed by atoms with E-state index in [-0.39, 0.29) is 6.42 Å². The highest BCUT2D eigenvalue weighted by molar-refractivity contribution is 7.99.